The number of hydrogen-bond donors (Lipinski definition) is 0. The van der Waals surface area contributed by atoms with Crippen LogP contribution in [0.15, 0.2) is 18.3 Å². The van der Waals surface area contributed by atoms with Gasteiger partial charge in [0.25, 0.3) is 0 Å². The smallest absolute Gasteiger partial charge is 0.226 e. The lowest BCUT2D eigenvalue weighted by Crippen LogP contribution is -1.94. The zero-order valence-electron chi connectivity index (χ0n) is 5.55. The maximum absolute atomic E-state index is 10.4. The molecule has 1 aromatic heterocycles. The minimum Gasteiger partial charge on any atom is -0.281 e. The standard InChI is InChI=1S/C7H5Cl2NO/c8-6(11)4-5-2-1-3-10-7(5)9/h1-3H,4H2. The van der Waals surface area contributed by atoms with E-state index in [1.807, 2.05) is 0 Å². The van der Waals surface area contributed by atoms with Crippen LogP contribution in [0.4, 0.5) is 0 Å². The third-order valence-electron chi connectivity index (χ3n) is 1.17. The Bertz CT molecular complexity index is 275. The van der Waals surface area contributed by atoms with Crippen LogP contribution in [-0.4, -0.2) is 10.2 Å². The van der Waals surface area contributed by atoms with E-state index >= 15 is 0 Å². The average Bonchev–Trinajstić information content (AvgIpc) is 1.93. The van der Waals surface area contributed by atoms with Gasteiger partial charge in [0, 0.05) is 12.6 Å². The fourth-order valence-corrected chi connectivity index (χ4v) is 1.03. The third kappa shape index (κ3) is 2.48. The van der Waals surface area contributed by atoms with E-state index in [-0.39, 0.29) is 6.42 Å². The zero-order valence-corrected chi connectivity index (χ0v) is 7.06. The van der Waals surface area contributed by atoms with Gasteiger partial charge in [-0.15, -0.1) is 0 Å². The average molecular weight is 190 g/mol. The number of aromatic nitrogens is 1. The van der Waals surface area contributed by atoms with Crippen LogP contribution in [0.25, 0.3) is 0 Å². The quantitative estimate of drug-likeness (QED) is 0.527. The molecule has 0 aliphatic rings. The van der Waals surface area contributed by atoms with Crippen molar-refractivity contribution < 1.29 is 4.79 Å². The summed E-state index contributed by atoms with van der Waals surface area (Å²) in [6.45, 7) is 0. The molecule has 0 atom stereocenters. The second-order valence-corrected chi connectivity index (χ2v) is 2.76. The minimum atomic E-state index is -0.431. The van der Waals surface area contributed by atoms with E-state index in [1.54, 1.807) is 18.3 Å². The van der Waals surface area contributed by atoms with Crippen molar-refractivity contribution in [1.29, 1.82) is 0 Å². The molecule has 0 radical (unpaired) electrons. The highest BCUT2D eigenvalue weighted by Crippen LogP contribution is 2.12. The predicted molar refractivity (Wildman–Crippen MR) is 43.8 cm³/mol. The van der Waals surface area contributed by atoms with Gasteiger partial charge in [0.05, 0.1) is 0 Å². The highest BCUT2D eigenvalue weighted by atomic mass is 35.5. The lowest BCUT2D eigenvalue weighted by Gasteiger charge is -1.96. The normalized spacial score (nSPS) is 9.64. The Balaban J connectivity index is 2.86. The molecule has 1 rings (SSSR count). The Morgan fingerprint density at radius 1 is 1.64 bits per heavy atom. The van der Waals surface area contributed by atoms with Crippen LogP contribution < -0.4 is 0 Å². The number of rotatable bonds is 2. The molecule has 0 aromatic carbocycles. The summed E-state index contributed by atoms with van der Waals surface area (Å²) in [5.41, 5.74) is 0.661. The highest BCUT2D eigenvalue weighted by molar-refractivity contribution is 6.63. The molecule has 0 aliphatic carbocycles. The Morgan fingerprint density at radius 3 is 2.91 bits per heavy atom. The summed E-state index contributed by atoms with van der Waals surface area (Å²) in [5.74, 6) is 0. The van der Waals surface area contributed by atoms with Gasteiger partial charge in [0.15, 0.2) is 0 Å². The van der Waals surface area contributed by atoms with Gasteiger partial charge in [-0.25, -0.2) is 4.98 Å². The van der Waals surface area contributed by atoms with Crippen molar-refractivity contribution in [2.45, 2.75) is 6.42 Å². The number of nitrogens with zero attached hydrogens (tertiary/aromatic N) is 1. The summed E-state index contributed by atoms with van der Waals surface area (Å²) >= 11 is 10.8. The number of carbonyl (C=O) groups excluding carboxylic acids is 1. The van der Waals surface area contributed by atoms with Crippen LogP contribution in [0.3, 0.4) is 0 Å². The Kier molecular flexibility index (Phi) is 2.85. The third-order valence-corrected chi connectivity index (χ3v) is 1.64. The molecule has 11 heavy (non-hydrogen) atoms. The second-order valence-electron chi connectivity index (χ2n) is 1.99. The van der Waals surface area contributed by atoms with Crippen molar-refractivity contribution in [2.24, 2.45) is 0 Å². The molecular formula is C7H5Cl2NO. The molecule has 0 aliphatic heterocycles. The first-order valence-corrected chi connectivity index (χ1v) is 3.73. The van der Waals surface area contributed by atoms with E-state index in [2.05, 4.69) is 4.98 Å². The molecule has 0 N–H and O–H groups in total. The van der Waals surface area contributed by atoms with Gasteiger partial charge >= 0.3 is 0 Å². The lowest BCUT2D eigenvalue weighted by atomic mass is 10.2. The van der Waals surface area contributed by atoms with Gasteiger partial charge in [0.1, 0.15) is 5.15 Å². The molecule has 58 valence electrons. The van der Waals surface area contributed by atoms with Gasteiger partial charge in [0.2, 0.25) is 5.24 Å². The molecule has 2 nitrogen and oxygen atoms in total. The van der Waals surface area contributed by atoms with E-state index in [9.17, 15) is 4.79 Å². The van der Waals surface area contributed by atoms with Crippen LogP contribution in [0, 0.1) is 0 Å². The fraction of sp³-hybridized carbons (Fsp3) is 0.143. The molecule has 1 heterocycles. The first kappa shape index (κ1) is 8.50. The van der Waals surface area contributed by atoms with E-state index in [0.717, 1.165) is 0 Å². The van der Waals surface area contributed by atoms with Crippen LogP contribution in [0.2, 0.25) is 5.15 Å². The van der Waals surface area contributed by atoms with Crippen molar-refractivity contribution in [2.75, 3.05) is 0 Å². The van der Waals surface area contributed by atoms with Gasteiger partial charge in [-0.05, 0) is 23.2 Å². The van der Waals surface area contributed by atoms with E-state index < -0.39 is 5.24 Å². The van der Waals surface area contributed by atoms with Crippen molar-refractivity contribution in [3.63, 3.8) is 0 Å². The van der Waals surface area contributed by atoms with E-state index in [0.29, 0.717) is 10.7 Å². The molecule has 0 saturated carbocycles. The molecule has 0 fully saturated rings. The van der Waals surface area contributed by atoms with Crippen LogP contribution >= 0.6 is 23.2 Å². The molecule has 1 aromatic rings. The van der Waals surface area contributed by atoms with Crippen molar-refractivity contribution >= 4 is 28.4 Å². The summed E-state index contributed by atoms with van der Waals surface area (Å²) < 4.78 is 0. The number of hydrogen-bond acceptors (Lipinski definition) is 2. The summed E-state index contributed by atoms with van der Waals surface area (Å²) in [6.07, 6.45) is 1.69. The van der Waals surface area contributed by atoms with Gasteiger partial charge in [-0.2, -0.15) is 0 Å². The molecule has 0 bridgehead atoms. The topological polar surface area (TPSA) is 30.0 Å². The SMILES string of the molecule is O=C(Cl)Cc1cccnc1Cl. The number of carbonyl (C=O) groups is 1. The van der Waals surface area contributed by atoms with Gasteiger partial charge in [-0.1, -0.05) is 17.7 Å². The first-order valence-electron chi connectivity index (χ1n) is 2.98. The zero-order chi connectivity index (χ0) is 8.27. The van der Waals surface area contributed by atoms with Crippen molar-refractivity contribution in [1.82, 2.24) is 4.98 Å². The largest absolute Gasteiger partial charge is 0.281 e. The molecular weight excluding hydrogens is 185 g/mol. The molecule has 0 amide bonds. The molecule has 4 heteroatoms. The fourth-order valence-electron chi connectivity index (χ4n) is 0.701. The summed E-state index contributed by atoms with van der Waals surface area (Å²) in [5, 5.41) is -0.0959. The monoisotopic (exact) mass is 189 g/mol. The Morgan fingerprint density at radius 2 is 2.36 bits per heavy atom. The molecule has 0 saturated heterocycles. The van der Waals surface area contributed by atoms with Gasteiger partial charge in [-0.3, -0.25) is 4.79 Å². The predicted octanol–water partition coefficient (Wildman–Crippen LogP) is 2.04. The first-order chi connectivity index (χ1) is 5.20. The number of halogens is 2. The summed E-state index contributed by atoms with van der Waals surface area (Å²) in [6, 6.07) is 3.43. The van der Waals surface area contributed by atoms with E-state index in [4.69, 9.17) is 23.2 Å². The highest BCUT2D eigenvalue weighted by Gasteiger charge is 2.03. The van der Waals surface area contributed by atoms with Crippen LogP contribution in [0.1, 0.15) is 5.56 Å². The number of pyridine rings is 1. The van der Waals surface area contributed by atoms with Gasteiger partial charge < -0.3 is 0 Å². The van der Waals surface area contributed by atoms with Crippen LogP contribution in [0.5, 0.6) is 0 Å². The Hall–Kier alpha value is -0.600. The second kappa shape index (κ2) is 3.69. The maximum atomic E-state index is 10.4. The molecule has 0 spiro atoms. The van der Waals surface area contributed by atoms with E-state index in [1.165, 1.54) is 0 Å². The summed E-state index contributed by atoms with van der Waals surface area (Å²) in [7, 11) is 0. The molecule has 0 unspecified atom stereocenters. The minimum absolute atomic E-state index is 0.133. The van der Waals surface area contributed by atoms with Crippen molar-refractivity contribution in [3.8, 4) is 0 Å². The lowest BCUT2D eigenvalue weighted by molar-refractivity contribution is -0.111. The van der Waals surface area contributed by atoms with Crippen molar-refractivity contribution in [3.05, 3.63) is 29.0 Å². The maximum Gasteiger partial charge on any atom is 0.226 e. The van der Waals surface area contributed by atoms with Crippen LogP contribution in [-0.2, 0) is 11.2 Å². The Labute approximate surface area is 74.1 Å². The summed E-state index contributed by atoms with van der Waals surface area (Å²) in [4.78, 5) is 14.2.